The Morgan fingerprint density at radius 1 is 1.42 bits per heavy atom. The lowest BCUT2D eigenvalue weighted by Crippen LogP contribution is -2.43. The molecule has 0 radical (unpaired) electrons. The molecule has 1 unspecified atom stereocenters. The van der Waals surface area contributed by atoms with Gasteiger partial charge in [0, 0.05) is 13.1 Å². The molecular formula is C9H17FN2. The summed E-state index contributed by atoms with van der Waals surface area (Å²) in [7, 11) is 0. The van der Waals surface area contributed by atoms with Crippen molar-refractivity contribution >= 4 is 0 Å². The predicted molar refractivity (Wildman–Crippen MR) is 46.9 cm³/mol. The van der Waals surface area contributed by atoms with E-state index >= 15 is 0 Å². The van der Waals surface area contributed by atoms with Gasteiger partial charge in [0.25, 0.3) is 0 Å². The van der Waals surface area contributed by atoms with E-state index in [1.807, 2.05) is 0 Å². The summed E-state index contributed by atoms with van der Waals surface area (Å²) in [4.78, 5) is 2.25. The maximum Gasteiger partial charge on any atom is 0.114 e. The van der Waals surface area contributed by atoms with Crippen LogP contribution in [0.1, 0.15) is 12.8 Å². The van der Waals surface area contributed by atoms with Crippen molar-refractivity contribution in [2.45, 2.75) is 19.0 Å². The zero-order valence-corrected chi connectivity index (χ0v) is 7.43. The van der Waals surface area contributed by atoms with Gasteiger partial charge in [-0.2, -0.15) is 0 Å². The van der Waals surface area contributed by atoms with Gasteiger partial charge in [-0.05, 0) is 38.4 Å². The third-order valence-corrected chi connectivity index (χ3v) is 2.93. The topological polar surface area (TPSA) is 15.3 Å². The second kappa shape index (κ2) is 3.71. The molecule has 2 saturated heterocycles. The smallest absolute Gasteiger partial charge is 0.114 e. The van der Waals surface area contributed by atoms with E-state index < -0.39 is 6.17 Å². The van der Waals surface area contributed by atoms with Crippen LogP contribution < -0.4 is 5.32 Å². The molecule has 0 aromatic carbocycles. The highest BCUT2D eigenvalue weighted by atomic mass is 19.1. The molecule has 0 spiro atoms. The SMILES string of the molecule is FC1CCN(CCC2CNC2)C1. The molecule has 0 aromatic heterocycles. The Labute approximate surface area is 73.1 Å². The lowest BCUT2D eigenvalue weighted by molar-refractivity contribution is 0.241. The summed E-state index contributed by atoms with van der Waals surface area (Å²) >= 11 is 0. The average Bonchev–Trinajstić information content (AvgIpc) is 2.32. The van der Waals surface area contributed by atoms with Gasteiger partial charge in [-0.1, -0.05) is 0 Å². The number of rotatable bonds is 3. The summed E-state index contributed by atoms with van der Waals surface area (Å²) in [5.41, 5.74) is 0. The standard InChI is InChI=1S/C9H17FN2/c10-9-2-4-12(7-9)3-1-8-5-11-6-8/h8-9,11H,1-7H2. The molecule has 70 valence electrons. The van der Waals surface area contributed by atoms with Gasteiger partial charge in [-0.3, -0.25) is 0 Å². The molecule has 1 N–H and O–H groups in total. The summed E-state index contributed by atoms with van der Waals surface area (Å²) in [5, 5.41) is 3.25. The van der Waals surface area contributed by atoms with Crippen LogP contribution in [0.25, 0.3) is 0 Å². The number of nitrogens with zero attached hydrogens (tertiary/aromatic N) is 1. The molecular weight excluding hydrogens is 155 g/mol. The summed E-state index contributed by atoms with van der Waals surface area (Å²) in [5.74, 6) is 0.865. The number of nitrogens with one attached hydrogen (secondary N) is 1. The molecule has 0 aromatic rings. The molecule has 0 aliphatic carbocycles. The van der Waals surface area contributed by atoms with Gasteiger partial charge in [0.1, 0.15) is 6.17 Å². The molecule has 2 fully saturated rings. The van der Waals surface area contributed by atoms with Crippen molar-refractivity contribution in [2.75, 3.05) is 32.7 Å². The van der Waals surface area contributed by atoms with Crippen molar-refractivity contribution in [3.05, 3.63) is 0 Å². The van der Waals surface area contributed by atoms with Gasteiger partial charge in [-0.15, -0.1) is 0 Å². The summed E-state index contributed by atoms with van der Waals surface area (Å²) in [6.07, 6.45) is 1.45. The molecule has 2 nitrogen and oxygen atoms in total. The fraction of sp³-hybridized carbons (Fsp3) is 1.00. The lowest BCUT2D eigenvalue weighted by atomic mass is 9.99. The van der Waals surface area contributed by atoms with Crippen molar-refractivity contribution in [2.24, 2.45) is 5.92 Å². The van der Waals surface area contributed by atoms with Gasteiger partial charge in [0.15, 0.2) is 0 Å². The monoisotopic (exact) mass is 172 g/mol. The van der Waals surface area contributed by atoms with Crippen LogP contribution >= 0.6 is 0 Å². The lowest BCUT2D eigenvalue weighted by Gasteiger charge is -2.28. The van der Waals surface area contributed by atoms with Crippen molar-refractivity contribution in [3.63, 3.8) is 0 Å². The number of halogens is 1. The first-order valence-electron chi connectivity index (χ1n) is 4.92. The molecule has 0 bridgehead atoms. The van der Waals surface area contributed by atoms with Crippen LogP contribution in [0, 0.1) is 5.92 Å². The minimum Gasteiger partial charge on any atom is -0.316 e. The van der Waals surface area contributed by atoms with Crippen molar-refractivity contribution in [3.8, 4) is 0 Å². The molecule has 1 atom stereocenters. The van der Waals surface area contributed by atoms with Gasteiger partial charge in [-0.25, -0.2) is 4.39 Å². The van der Waals surface area contributed by atoms with E-state index in [2.05, 4.69) is 10.2 Å². The van der Waals surface area contributed by atoms with Gasteiger partial charge in [0.05, 0.1) is 0 Å². The number of likely N-dealkylation sites (tertiary alicyclic amines) is 1. The van der Waals surface area contributed by atoms with Gasteiger partial charge in [0.2, 0.25) is 0 Å². The van der Waals surface area contributed by atoms with Gasteiger partial charge >= 0.3 is 0 Å². The molecule has 0 saturated carbocycles. The number of hydrogen-bond acceptors (Lipinski definition) is 2. The quantitative estimate of drug-likeness (QED) is 0.672. The molecule has 3 heteroatoms. The molecule has 0 amide bonds. The van der Waals surface area contributed by atoms with Crippen LogP contribution in [0.2, 0.25) is 0 Å². The molecule has 2 rings (SSSR count). The molecule has 2 aliphatic rings. The van der Waals surface area contributed by atoms with Crippen molar-refractivity contribution < 1.29 is 4.39 Å². The van der Waals surface area contributed by atoms with E-state index in [1.165, 1.54) is 19.5 Å². The average molecular weight is 172 g/mol. The Morgan fingerprint density at radius 2 is 2.25 bits per heavy atom. The van der Waals surface area contributed by atoms with Crippen LogP contribution in [0.4, 0.5) is 4.39 Å². The maximum atomic E-state index is 12.7. The van der Waals surface area contributed by atoms with E-state index in [1.54, 1.807) is 0 Å². The van der Waals surface area contributed by atoms with E-state index in [4.69, 9.17) is 0 Å². The minimum atomic E-state index is -0.551. The largest absolute Gasteiger partial charge is 0.316 e. The van der Waals surface area contributed by atoms with Crippen LogP contribution in [0.15, 0.2) is 0 Å². The Hall–Kier alpha value is -0.150. The highest BCUT2D eigenvalue weighted by molar-refractivity contribution is 4.79. The van der Waals surface area contributed by atoms with Crippen LogP contribution in [-0.4, -0.2) is 43.8 Å². The zero-order valence-electron chi connectivity index (χ0n) is 7.43. The van der Waals surface area contributed by atoms with E-state index in [0.29, 0.717) is 6.54 Å². The first kappa shape index (κ1) is 8.45. The molecule has 12 heavy (non-hydrogen) atoms. The van der Waals surface area contributed by atoms with Crippen LogP contribution in [0.5, 0.6) is 0 Å². The third-order valence-electron chi connectivity index (χ3n) is 2.93. The molecule has 2 heterocycles. The normalized spacial score (nSPS) is 32.2. The van der Waals surface area contributed by atoms with Crippen LogP contribution in [-0.2, 0) is 0 Å². The summed E-state index contributed by atoms with van der Waals surface area (Å²) < 4.78 is 12.7. The van der Waals surface area contributed by atoms with Crippen molar-refractivity contribution in [1.29, 1.82) is 0 Å². The molecule has 2 aliphatic heterocycles. The first-order valence-corrected chi connectivity index (χ1v) is 4.92. The first-order chi connectivity index (χ1) is 5.84. The number of hydrogen-bond donors (Lipinski definition) is 1. The van der Waals surface area contributed by atoms with Crippen molar-refractivity contribution in [1.82, 2.24) is 10.2 Å². The summed E-state index contributed by atoms with van der Waals surface area (Å²) in [6, 6.07) is 0. The predicted octanol–water partition coefficient (Wildman–Crippen LogP) is 0.640. The van der Waals surface area contributed by atoms with Crippen LogP contribution in [0.3, 0.4) is 0 Å². The highest BCUT2D eigenvalue weighted by Gasteiger charge is 2.23. The van der Waals surface area contributed by atoms with Gasteiger partial charge < -0.3 is 10.2 Å². The van der Waals surface area contributed by atoms with E-state index in [-0.39, 0.29) is 0 Å². The highest BCUT2D eigenvalue weighted by Crippen LogP contribution is 2.15. The minimum absolute atomic E-state index is 0.551. The Bertz CT molecular complexity index is 147. The van der Waals surface area contributed by atoms with E-state index in [9.17, 15) is 4.39 Å². The maximum absolute atomic E-state index is 12.7. The fourth-order valence-electron chi connectivity index (χ4n) is 1.91. The fourth-order valence-corrected chi connectivity index (χ4v) is 1.91. The second-order valence-electron chi connectivity index (χ2n) is 4.00. The zero-order chi connectivity index (χ0) is 8.39. The van der Waals surface area contributed by atoms with E-state index in [0.717, 1.165) is 25.4 Å². The Balaban J connectivity index is 1.60. The number of alkyl halides is 1. The third kappa shape index (κ3) is 1.96. The summed E-state index contributed by atoms with van der Waals surface area (Å²) in [6.45, 7) is 5.11. The Morgan fingerprint density at radius 3 is 2.75 bits per heavy atom. The Kier molecular flexibility index (Phi) is 2.61. The second-order valence-corrected chi connectivity index (χ2v) is 4.00.